The van der Waals surface area contributed by atoms with E-state index in [1.165, 1.54) is 12.8 Å². The van der Waals surface area contributed by atoms with Crippen molar-refractivity contribution in [3.63, 3.8) is 0 Å². The van der Waals surface area contributed by atoms with Crippen molar-refractivity contribution in [1.82, 2.24) is 10.6 Å². The van der Waals surface area contributed by atoms with Crippen LogP contribution in [0.2, 0.25) is 0 Å². The number of rotatable bonds is 8. The number of ether oxygens (including phenoxy) is 2. The first-order chi connectivity index (χ1) is 14.2. The molecule has 0 atom stereocenters. The minimum absolute atomic E-state index is 0. The molecule has 1 aliphatic rings. The minimum atomic E-state index is 0. The quantitative estimate of drug-likeness (QED) is 0.267. The molecule has 0 unspecified atom stereocenters. The number of guanidine groups is 1. The van der Waals surface area contributed by atoms with Gasteiger partial charge in [0, 0.05) is 18.7 Å². The molecule has 2 aromatic rings. The summed E-state index contributed by atoms with van der Waals surface area (Å²) in [5, 5.41) is 16.1. The Bertz CT molecular complexity index is 806. The van der Waals surface area contributed by atoms with Gasteiger partial charge < -0.3 is 25.2 Å². The normalized spacial score (nSPS) is 14.1. The maximum absolute atomic E-state index is 9.42. The number of hydrogen-bond donors (Lipinski definition) is 3. The third kappa shape index (κ3) is 6.97. The van der Waals surface area contributed by atoms with Crippen molar-refractivity contribution in [3.8, 4) is 17.2 Å². The van der Waals surface area contributed by atoms with Gasteiger partial charge in [0.1, 0.15) is 5.75 Å². The van der Waals surface area contributed by atoms with E-state index in [0.29, 0.717) is 13.1 Å². The number of phenols is 1. The molecule has 0 radical (unpaired) electrons. The van der Waals surface area contributed by atoms with Crippen LogP contribution in [-0.2, 0) is 13.1 Å². The Morgan fingerprint density at radius 3 is 2.50 bits per heavy atom. The van der Waals surface area contributed by atoms with E-state index in [2.05, 4.69) is 21.7 Å². The fraction of sp³-hybridized carbons (Fsp3) is 0.435. The smallest absolute Gasteiger partial charge is 0.191 e. The van der Waals surface area contributed by atoms with Crippen LogP contribution < -0.4 is 20.1 Å². The third-order valence-electron chi connectivity index (χ3n) is 5.01. The molecule has 3 rings (SSSR count). The summed E-state index contributed by atoms with van der Waals surface area (Å²) in [7, 11) is 1.68. The lowest BCUT2D eigenvalue weighted by molar-refractivity contribution is 0.198. The molecular formula is C23H32IN3O3. The van der Waals surface area contributed by atoms with Gasteiger partial charge in [0.05, 0.1) is 19.8 Å². The summed E-state index contributed by atoms with van der Waals surface area (Å²) in [5.41, 5.74) is 2.08. The zero-order valence-corrected chi connectivity index (χ0v) is 20.0. The number of aliphatic imine (C=N–C) groups is 1. The molecule has 0 aliphatic heterocycles. The number of benzene rings is 2. The number of para-hydroxylation sites is 1. The Kier molecular flexibility index (Phi) is 10.1. The Hall–Kier alpha value is -2.16. The van der Waals surface area contributed by atoms with E-state index >= 15 is 0 Å². The number of aromatic hydroxyl groups is 1. The summed E-state index contributed by atoms with van der Waals surface area (Å²) < 4.78 is 11.9. The molecule has 7 heteroatoms. The highest BCUT2D eigenvalue weighted by molar-refractivity contribution is 14.0. The third-order valence-corrected chi connectivity index (χ3v) is 5.01. The van der Waals surface area contributed by atoms with Crippen molar-refractivity contribution in [2.24, 2.45) is 4.99 Å². The maximum Gasteiger partial charge on any atom is 0.191 e. The van der Waals surface area contributed by atoms with Gasteiger partial charge in [0.2, 0.25) is 0 Å². The highest BCUT2D eigenvalue weighted by Crippen LogP contribution is 2.34. The predicted octanol–water partition coefficient (Wildman–Crippen LogP) is 4.60. The van der Waals surface area contributed by atoms with E-state index in [9.17, 15) is 5.11 Å². The lowest BCUT2D eigenvalue weighted by atomic mass is 10.1. The van der Waals surface area contributed by atoms with Gasteiger partial charge in [-0.05, 0) is 56.4 Å². The molecule has 0 spiro atoms. The van der Waals surface area contributed by atoms with Gasteiger partial charge in [0.15, 0.2) is 17.5 Å². The first kappa shape index (κ1) is 24.1. The number of phenolic OH excluding ortho intramolecular Hbond substituents is 1. The molecule has 0 heterocycles. The second-order valence-corrected chi connectivity index (χ2v) is 7.19. The average Bonchev–Trinajstić information content (AvgIpc) is 3.25. The zero-order valence-electron chi connectivity index (χ0n) is 17.7. The maximum atomic E-state index is 9.42. The van der Waals surface area contributed by atoms with Gasteiger partial charge in [-0.1, -0.05) is 24.3 Å². The predicted molar refractivity (Wildman–Crippen MR) is 131 cm³/mol. The van der Waals surface area contributed by atoms with Crippen LogP contribution in [0.5, 0.6) is 17.2 Å². The van der Waals surface area contributed by atoms with Gasteiger partial charge in [-0.2, -0.15) is 0 Å². The van der Waals surface area contributed by atoms with E-state index in [-0.39, 0.29) is 35.8 Å². The van der Waals surface area contributed by atoms with Crippen LogP contribution >= 0.6 is 24.0 Å². The Morgan fingerprint density at radius 2 is 1.83 bits per heavy atom. The standard InChI is InChI=1S/C23H31N3O3.HI/c1-3-24-23(25-15-17-11-13-19(27)14-12-17)26-16-18-7-6-10-21(28-2)22(18)29-20-8-4-5-9-20;/h6-7,10-14,20,27H,3-5,8-9,15-16H2,1-2H3,(H2,24,25,26);1H. The van der Waals surface area contributed by atoms with Crippen molar-refractivity contribution in [1.29, 1.82) is 0 Å². The number of halogens is 1. The zero-order chi connectivity index (χ0) is 20.5. The molecule has 0 amide bonds. The summed E-state index contributed by atoms with van der Waals surface area (Å²) >= 11 is 0. The van der Waals surface area contributed by atoms with Crippen molar-refractivity contribution in [3.05, 3.63) is 53.6 Å². The van der Waals surface area contributed by atoms with Gasteiger partial charge >= 0.3 is 0 Å². The number of nitrogens with one attached hydrogen (secondary N) is 2. The minimum Gasteiger partial charge on any atom is -0.508 e. The van der Waals surface area contributed by atoms with Gasteiger partial charge in [-0.25, -0.2) is 4.99 Å². The fourth-order valence-corrected chi connectivity index (χ4v) is 3.46. The Morgan fingerprint density at radius 1 is 1.10 bits per heavy atom. The Labute approximate surface area is 196 Å². The molecule has 3 N–H and O–H groups in total. The molecule has 0 aromatic heterocycles. The van der Waals surface area contributed by atoms with Crippen LogP contribution in [0.25, 0.3) is 0 Å². The molecule has 6 nitrogen and oxygen atoms in total. The van der Waals surface area contributed by atoms with E-state index in [4.69, 9.17) is 9.47 Å². The monoisotopic (exact) mass is 525 g/mol. The highest BCUT2D eigenvalue weighted by Gasteiger charge is 2.20. The molecule has 1 saturated carbocycles. The van der Waals surface area contributed by atoms with Crippen LogP contribution in [0.4, 0.5) is 0 Å². The van der Waals surface area contributed by atoms with Crippen molar-refractivity contribution < 1.29 is 14.6 Å². The van der Waals surface area contributed by atoms with Crippen molar-refractivity contribution >= 4 is 29.9 Å². The molecule has 30 heavy (non-hydrogen) atoms. The van der Waals surface area contributed by atoms with Crippen molar-refractivity contribution in [2.45, 2.75) is 51.8 Å². The van der Waals surface area contributed by atoms with E-state index in [0.717, 1.165) is 48.0 Å². The largest absolute Gasteiger partial charge is 0.508 e. The Balaban J connectivity index is 0.00000320. The highest BCUT2D eigenvalue weighted by atomic mass is 127. The summed E-state index contributed by atoms with van der Waals surface area (Å²) in [6, 6.07) is 13.1. The average molecular weight is 525 g/mol. The second kappa shape index (κ2) is 12.5. The SMILES string of the molecule is CCNC(=NCc1ccc(O)cc1)NCc1cccc(OC)c1OC1CCCC1.I. The molecular weight excluding hydrogens is 493 g/mol. The van der Waals surface area contributed by atoms with E-state index in [1.807, 2.05) is 31.2 Å². The molecule has 0 saturated heterocycles. The second-order valence-electron chi connectivity index (χ2n) is 7.19. The van der Waals surface area contributed by atoms with Crippen LogP contribution in [0, 0.1) is 0 Å². The van der Waals surface area contributed by atoms with Crippen LogP contribution in [0.3, 0.4) is 0 Å². The summed E-state index contributed by atoms with van der Waals surface area (Å²) in [6.07, 6.45) is 4.91. The topological polar surface area (TPSA) is 75.1 Å². The first-order valence-electron chi connectivity index (χ1n) is 10.3. The number of hydrogen-bond acceptors (Lipinski definition) is 4. The summed E-state index contributed by atoms with van der Waals surface area (Å²) in [5.74, 6) is 2.58. The van der Waals surface area contributed by atoms with Crippen LogP contribution in [0.15, 0.2) is 47.5 Å². The molecule has 2 aromatic carbocycles. The molecule has 164 valence electrons. The summed E-state index contributed by atoms with van der Waals surface area (Å²) in [4.78, 5) is 4.64. The number of nitrogens with zero attached hydrogens (tertiary/aromatic N) is 1. The van der Waals surface area contributed by atoms with Crippen molar-refractivity contribution in [2.75, 3.05) is 13.7 Å². The lowest BCUT2D eigenvalue weighted by Gasteiger charge is -2.20. The van der Waals surface area contributed by atoms with E-state index < -0.39 is 0 Å². The number of methoxy groups -OCH3 is 1. The van der Waals surface area contributed by atoms with Gasteiger partial charge in [-0.3, -0.25) is 0 Å². The van der Waals surface area contributed by atoms with Gasteiger partial charge in [0.25, 0.3) is 0 Å². The molecule has 1 fully saturated rings. The molecule has 0 bridgehead atoms. The van der Waals surface area contributed by atoms with E-state index in [1.54, 1.807) is 19.2 Å². The molecule has 1 aliphatic carbocycles. The van der Waals surface area contributed by atoms with Crippen LogP contribution in [0.1, 0.15) is 43.7 Å². The van der Waals surface area contributed by atoms with Crippen LogP contribution in [-0.4, -0.2) is 30.8 Å². The summed E-state index contributed by atoms with van der Waals surface area (Å²) in [6.45, 7) is 3.92. The van der Waals surface area contributed by atoms with Gasteiger partial charge in [-0.15, -0.1) is 24.0 Å². The lowest BCUT2D eigenvalue weighted by Crippen LogP contribution is -2.37. The first-order valence-corrected chi connectivity index (χ1v) is 10.3. The fourth-order valence-electron chi connectivity index (χ4n) is 3.46.